The van der Waals surface area contributed by atoms with Gasteiger partial charge < -0.3 is 20.2 Å². The van der Waals surface area contributed by atoms with Gasteiger partial charge in [-0.2, -0.15) is 0 Å². The van der Waals surface area contributed by atoms with Gasteiger partial charge in [0.05, 0.1) is 0 Å². The molecule has 1 rings (SSSR count). The van der Waals surface area contributed by atoms with E-state index >= 15 is 0 Å². The number of urea groups is 1. The third-order valence-corrected chi connectivity index (χ3v) is 3.03. The van der Waals surface area contributed by atoms with Crippen molar-refractivity contribution in [2.45, 2.75) is 25.3 Å². The van der Waals surface area contributed by atoms with Gasteiger partial charge in [-0.3, -0.25) is 9.59 Å². The molecular formula is C11H19N3O4. The highest BCUT2D eigenvalue weighted by Crippen LogP contribution is 2.08. The fraction of sp³-hybridized carbons (Fsp3) is 0.727. The Morgan fingerprint density at radius 1 is 1.50 bits per heavy atom. The van der Waals surface area contributed by atoms with Crippen LogP contribution in [0.15, 0.2) is 0 Å². The number of amides is 3. The molecule has 1 saturated heterocycles. The van der Waals surface area contributed by atoms with Gasteiger partial charge in [-0.1, -0.05) is 0 Å². The van der Waals surface area contributed by atoms with E-state index in [4.69, 9.17) is 5.11 Å². The van der Waals surface area contributed by atoms with Crippen molar-refractivity contribution in [2.24, 2.45) is 0 Å². The van der Waals surface area contributed by atoms with E-state index in [2.05, 4.69) is 5.32 Å². The summed E-state index contributed by atoms with van der Waals surface area (Å²) in [5.74, 6) is -0.944. The zero-order valence-corrected chi connectivity index (χ0v) is 10.7. The molecule has 1 fully saturated rings. The van der Waals surface area contributed by atoms with Gasteiger partial charge in [-0.05, 0) is 12.8 Å². The average Bonchev–Trinajstić information content (AvgIpc) is 2.64. The lowest BCUT2D eigenvalue weighted by Crippen LogP contribution is -2.45. The van der Waals surface area contributed by atoms with Gasteiger partial charge in [-0.25, -0.2) is 4.79 Å². The predicted octanol–water partition coefficient (Wildman–Crippen LogP) is -0.277. The number of unbranched alkanes of at least 4 members (excludes halogenated alkanes) is 1. The minimum absolute atomic E-state index is 0.116. The second-order valence-corrected chi connectivity index (χ2v) is 4.42. The molecule has 1 aliphatic rings. The first kappa shape index (κ1) is 14.3. The van der Waals surface area contributed by atoms with Gasteiger partial charge in [0, 0.05) is 33.6 Å². The van der Waals surface area contributed by atoms with Gasteiger partial charge in [-0.15, -0.1) is 0 Å². The van der Waals surface area contributed by atoms with Crippen molar-refractivity contribution in [3.05, 3.63) is 0 Å². The molecule has 1 atom stereocenters. The molecule has 3 amide bonds. The van der Waals surface area contributed by atoms with Crippen molar-refractivity contribution in [1.29, 1.82) is 0 Å². The molecule has 1 unspecified atom stereocenters. The fourth-order valence-electron chi connectivity index (χ4n) is 1.83. The molecule has 0 aromatic heterocycles. The number of aliphatic carboxylic acids is 1. The Morgan fingerprint density at radius 3 is 2.67 bits per heavy atom. The van der Waals surface area contributed by atoms with Crippen LogP contribution >= 0.6 is 0 Å². The highest BCUT2D eigenvalue weighted by Gasteiger charge is 2.34. The van der Waals surface area contributed by atoms with Crippen LogP contribution < -0.4 is 5.32 Å². The molecule has 0 spiro atoms. The number of carboxylic acids is 1. The summed E-state index contributed by atoms with van der Waals surface area (Å²) in [4.78, 5) is 36.5. The number of nitrogens with zero attached hydrogens (tertiary/aromatic N) is 2. The topological polar surface area (TPSA) is 90.0 Å². The molecule has 0 bridgehead atoms. The van der Waals surface area contributed by atoms with Crippen LogP contribution in [0.4, 0.5) is 4.79 Å². The van der Waals surface area contributed by atoms with Gasteiger partial charge in [0.15, 0.2) is 0 Å². The number of rotatable bonds is 6. The summed E-state index contributed by atoms with van der Waals surface area (Å²) < 4.78 is 0. The van der Waals surface area contributed by atoms with E-state index in [1.807, 2.05) is 0 Å². The molecular weight excluding hydrogens is 238 g/mol. The lowest BCUT2D eigenvalue weighted by atomic mass is 10.2. The van der Waals surface area contributed by atoms with Gasteiger partial charge in [0.25, 0.3) is 0 Å². The number of hydrogen-bond donors (Lipinski definition) is 2. The smallest absolute Gasteiger partial charge is 0.317 e. The molecule has 0 saturated carbocycles. The van der Waals surface area contributed by atoms with E-state index in [9.17, 15) is 14.4 Å². The molecule has 2 N–H and O–H groups in total. The Bertz CT molecular complexity index is 345. The standard InChI is InChI=1S/C11H19N3O4/c1-13(6-4-3-5-9(15)16)10(17)8-7-12-11(18)14(8)2/h8H,3-7H2,1-2H3,(H,12,18)(H,15,16). The van der Waals surface area contributed by atoms with Crippen LogP contribution in [0.5, 0.6) is 0 Å². The molecule has 0 aliphatic carbocycles. The number of carbonyl (C=O) groups is 3. The first-order chi connectivity index (χ1) is 8.43. The molecule has 1 aliphatic heterocycles. The van der Waals surface area contributed by atoms with E-state index in [-0.39, 0.29) is 18.4 Å². The first-order valence-electron chi connectivity index (χ1n) is 5.91. The Kier molecular flexibility index (Phi) is 4.94. The van der Waals surface area contributed by atoms with Crippen molar-refractivity contribution >= 4 is 17.9 Å². The Hall–Kier alpha value is -1.79. The summed E-state index contributed by atoms with van der Waals surface area (Å²) in [6.45, 7) is 0.832. The lowest BCUT2D eigenvalue weighted by molar-refractivity contribution is -0.137. The highest BCUT2D eigenvalue weighted by molar-refractivity contribution is 5.90. The highest BCUT2D eigenvalue weighted by atomic mass is 16.4. The summed E-state index contributed by atoms with van der Waals surface area (Å²) in [5.41, 5.74) is 0. The monoisotopic (exact) mass is 257 g/mol. The minimum atomic E-state index is -0.825. The van der Waals surface area contributed by atoms with Gasteiger partial charge >= 0.3 is 12.0 Å². The molecule has 7 heteroatoms. The lowest BCUT2D eigenvalue weighted by Gasteiger charge is -2.24. The third kappa shape index (κ3) is 3.61. The van der Waals surface area contributed by atoms with E-state index in [1.165, 1.54) is 4.90 Å². The van der Waals surface area contributed by atoms with E-state index in [1.54, 1.807) is 19.0 Å². The zero-order valence-electron chi connectivity index (χ0n) is 10.7. The predicted molar refractivity (Wildman–Crippen MR) is 64.1 cm³/mol. The van der Waals surface area contributed by atoms with Crippen molar-refractivity contribution in [3.8, 4) is 0 Å². The second kappa shape index (κ2) is 6.23. The van der Waals surface area contributed by atoms with Crippen LogP contribution in [-0.4, -0.2) is 66.0 Å². The van der Waals surface area contributed by atoms with Crippen LogP contribution in [0.1, 0.15) is 19.3 Å². The van der Waals surface area contributed by atoms with Crippen LogP contribution in [0.25, 0.3) is 0 Å². The van der Waals surface area contributed by atoms with E-state index < -0.39 is 12.0 Å². The minimum Gasteiger partial charge on any atom is -0.481 e. The molecule has 0 aromatic rings. The van der Waals surface area contributed by atoms with Crippen LogP contribution in [0.3, 0.4) is 0 Å². The van der Waals surface area contributed by atoms with Crippen molar-refractivity contribution in [3.63, 3.8) is 0 Å². The molecule has 0 aromatic carbocycles. The second-order valence-electron chi connectivity index (χ2n) is 4.42. The quantitative estimate of drug-likeness (QED) is 0.641. The number of carboxylic acid groups (broad SMARTS) is 1. The Labute approximate surface area is 106 Å². The van der Waals surface area contributed by atoms with E-state index in [0.29, 0.717) is 25.9 Å². The maximum atomic E-state index is 12.0. The Morgan fingerprint density at radius 2 is 2.17 bits per heavy atom. The number of hydrogen-bond acceptors (Lipinski definition) is 3. The van der Waals surface area contributed by atoms with E-state index in [0.717, 1.165) is 0 Å². The maximum Gasteiger partial charge on any atom is 0.317 e. The average molecular weight is 257 g/mol. The summed E-state index contributed by atoms with van der Waals surface area (Å²) in [5, 5.41) is 11.1. The number of likely N-dealkylation sites (N-methyl/N-ethyl adjacent to an activating group) is 2. The molecule has 18 heavy (non-hydrogen) atoms. The molecule has 7 nitrogen and oxygen atoms in total. The van der Waals surface area contributed by atoms with Crippen molar-refractivity contribution < 1.29 is 19.5 Å². The molecule has 0 radical (unpaired) electrons. The first-order valence-corrected chi connectivity index (χ1v) is 5.91. The van der Waals surface area contributed by atoms with Gasteiger partial charge in [0.2, 0.25) is 5.91 Å². The summed E-state index contributed by atoms with van der Waals surface area (Å²) in [6.07, 6.45) is 1.31. The van der Waals surface area contributed by atoms with Crippen LogP contribution in [0.2, 0.25) is 0 Å². The fourth-order valence-corrected chi connectivity index (χ4v) is 1.83. The van der Waals surface area contributed by atoms with Gasteiger partial charge in [0.1, 0.15) is 6.04 Å². The van der Waals surface area contributed by atoms with Crippen LogP contribution in [-0.2, 0) is 9.59 Å². The number of carbonyl (C=O) groups excluding carboxylic acids is 2. The molecule has 102 valence electrons. The van der Waals surface area contributed by atoms with Crippen molar-refractivity contribution in [1.82, 2.24) is 15.1 Å². The van der Waals surface area contributed by atoms with Crippen molar-refractivity contribution in [2.75, 3.05) is 27.2 Å². The third-order valence-electron chi connectivity index (χ3n) is 3.03. The van der Waals surface area contributed by atoms with Crippen LogP contribution in [0, 0.1) is 0 Å². The normalized spacial score (nSPS) is 18.7. The number of nitrogens with one attached hydrogen (secondary N) is 1. The molecule has 1 heterocycles. The zero-order chi connectivity index (χ0) is 13.7. The summed E-state index contributed by atoms with van der Waals surface area (Å²) >= 11 is 0. The summed E-state index contributed by atoms with van der Waals surface area (Å²) in [6, 6.07) is -0.699. The summed E-state index contributed by atoms with van der Waals surface area (Å²) in [7, 11) is 3.25. The largest absolute Gasteiger partial charge is 0.481 e. The maximum absolute atomic E-state index is 12.0. The Balaban J connectivity index is 2.33. The SMILES string of the molecule is CN(CCCCC(=O)O)C(=O)C1CNC(=O)N1C.